The molecule has 3 N–H and O–H groups in total. The van der Waals surface area contributed by atoms with E-state index in [0.717, 1.165) is 87.6 Å². The normalized spacial score (nSPS) is 13.2. The van der Waals surface area contributed by atoms with Gasteiger partial charge in [-0.15, -0.1) is 0 Å². The minimum Gasteiger partial charge on any atom is -0.354 e. The lowest BCUT2D eigenvalue weighted by molar-refractivity contribution is -0.118. The summed E-state index contributed by atoms with van der Waals surface area (Å²) in [5.41, 5.74) is 4.66. The fourth-order valence-corrected chi connectivity index (χ4v) is 5.83. The molecule has 49 heavy (non-hydrogen) atoms. The van der Waals surface area contributed by atoms with Gasteiger partial charge in [0, 0.05) is 25.2 Å². The molecule has 12 nitrogen and oxygen atoms in total. The molecule has 0 radical (unpaired) electrons. The summed E-state index contributed by atoms with van der Waals surface area (Å²) in [6.45, 7) is 18.1. The Bertz CT molecular complexity index is 1480. The minimum atomic E-state index is -0.534. The first-order valence-corrected chi connectivity index (χ1v) is 17.9. The molecule has 1 aliphatic rings. The quantitative estimate of drug-likeness (QED) is 0.0878. The van der Waals surface area contributed by atoms with Gasteiger partial charge in [-0.2, -0.15) is 25.2 Å². The number of carbonyl (C=O) groups excluding carboxylic acids is 2. The predicted molar refractivity (Wildman–Crippen MR) is 197 cm³/mol. The molecule has 1 aromatic heterocycles. The third-order valence-corrected chi connectivity index (χ3v) is 8.92. The lowest BCUT2D eigenvalue weighted by atomic mass is 10.0. The third kappa shape index (κ3) is 12.3. The average molecular weight is 671 g/mol. The van der Waals surface area contributed by atoms with Crippen LogP contribution in [0.2, 0.25) is 0 Å². The molecule has 0 bridgehead atoms. The first-order chi connectivity index (χ1) is 23.8. The first-order valence-electron chi connectivity index (χ1n) is 17.9. The van der Waals surface area contributed by atoms with Crippen LogP contribution in [0.25, 0.3) is 0 Å². The van der Waals surface area contributed by atoms with E-state index >= 15 is 0 Å². The van der Waals surface area contributed by atoms with Crippen LogP contribution >= 0.6 is 0 Å². The van der Waals surface area contributed by atoms with Crippen molar-refractivity contribution in [2.75, 3.05) is 68.3 Å². The molecule has 1 atom stereocenters. The Balaban J connectivity index is 1.36. The fraction of sp³-hybridized carbons (Fsp3) is 0.541. The molecule has 4 rings (SSSR count). The van der Waals surface area contributed by atoms with E-state index in [1.54, 1.807) is 6.92 Å². The summed E-state index contributed by atoms with van der Waals surface area (Å²) in [5, 5.41) is 18.5. The number of hydrogen-bond acceptors (Lipinski definition) is 11. The van der Waals surface area contributed by atoms with Crippen LogP contribution in [0, 0.1) is 0 Å². The predicted octanol–water partition coefficient (Wildman–Crippen LogP) is 5.92. The fourth-order valence-electron chi connectivity index (χ4n) is 5.83. The topological polar surface area (TPSA) is 140 Å². The Hall–Kier alpha value is -4.29. The van der Waals surface area contributed by atoms with Gasteiger partial charge in [-0.05, 0) is 107 Å². The molecule has 12 heteroatoms. The highest BCUT2D eigenvalue weighted by atomic mass is 16.1. The Morgan fingerprint density at radius 2 is 1.45 bits per heavy atom. The van der Waals surface area contributed by atoms with E-state index in [1.807, 2.05) is 42.5 Å². The van der Waals surface area contributed by atoms with Gasteiger partial charge in [0.25, 0.3) is 0 Å². The molecule has 0 aliphatic carbocycles. The molecule has 3 aromatic rings. The van der Waals surface area contributed by atoms with Crippen molar-refractivity contribution in [1.82, 2.24) is 24.8 Å². The van der Waals surface area contributed by atoms with Crippen molar-refractivity contribution in [2.24, 2.45) is 10.2 Å². The van der Waals surface area contributed by atoms with Gasteiger partial charge in [-0.3, -0.25) is 9.59 Å². The van der Waals surface area contributed by atoms with Crippen LogP contribution < -0.4 is 16.0 Å². The molecule has 1 unspecified atom stereocenters. The number of amides is 1. The Morgan fingerprint density at radius 3 is 2.02 bits per heavy atom. The second kappa shape index (κ2) is 19.6. The summed E-state index contributed by atoms with van der Waals surface area (Å²) in [4.78, 5) is 43.0. The van der Waals surface area contributed by atoms with Gasteiger partial charge in [0.2, 0.25) is 17.8 Å². The zero-order valence-corrected chi connectivity index (χ0v) is 30.0. The van der Waals surface area contributed by atoms with Crippen LogP contribution in [-0.2, 0) is 28.9 Å². The Kier molecular flexibility index (Phi) is 15.0. The third-order valence-electron chi connectivity index (χ3n) is 8.92. The molecular weight excluding hydrogens is 616 g/mol. The highest BCUT2D eigenvalue weighted by Gasteiger charge is 2.19. The van der Waals surface area contributed by atoms with Gasteiger partial charge in [0.1, 0.15) is 11.9 Å². The molecular formula is C37H54N10O2. The van der Waals surface area contributed by atoms with Gasteiger partial charge in [0.15, 0.2) is 5.78 Å². The number of nitrogens with one attached hydrogen (secondary N) is 3. The maximum Gasteiger partial charge on any atom is 0.228 e. The van der Waals surface area contributed by atoms with Crippen molar-refractivity contribution >= 4 is 35.0 Å². The second-order valence-corrected chi connectivity index (χ2v) is 12.5. The van der Waals surface area contributed by atoms with Crippen LogP contribution in [0.3, 0.4) is 0 Å². The van der Waals surface area contributed by atoms with Crippen molar-refractivity contribution in [2.45, 2.75) is 79.2 Å². The molecule has 0 fully saturated rings. The standard InChI is InChI=1S/C37H54N10O2/c1-6-46(7-2)22-10-20-38-36-41-34(42-37(43-36)39-21-11-23-47(8-3)9-4)25-29-12-16-31(17-13-29)44-45-32(27(5)48)18-14-28-15-19-33-30(24-28)26-35(49)40-33/h12-13,15-17,19,24,32H,6-11,14,18,20-23,25-26H2,1-5H3,(H,40,49)(H2,38,39,41,42,43). The maximum atomic E-state index is 12.4. The first kappa shape index (κ1) is 37.5. The van der Waals surface area contributed by atoms with E-state index < -0.39 is 6.04 Å². The van der Waals surface area contributed by atoms with Crippen LogP contribution in [0.1, 0.15) is 76.4 Å². The van der Waals surface area contributed by atoms with E-state index in [2.05, 4.69) is 68.7 Å². The van der Waals surface area contributed by atoms with E-state index in [0.29, 0.717) is 49.1 Å². The molecule has 2 heterocycles. The monoisotopic (exact) mass is 670 g/mol. The summed E-state index contributed by atoms with van der Waals surface area (Å²) >= 11 is 0. The van der Waals surface area contributed by atoms with Gasteiger partial charge in [-0.25, -0.2) is 0 Å². The van der Waals surface area contributed by atoms with Crippen LogP contribution in [-0.4, -0.2) is 94.8 Å². The SMILES string of the molecule is CCN(CC)CCCNc1nc(Cc2ccc(N=NC(CCc3ccc4c(c3)CC(=O)N4)C(C)=O)cc2)nc(NCCCN(CC)CC)n1. The molecule has 1 aliphatic heterocycles. The van der Waals surface area contributed by atoms with Crippen molar-refractivity contribution in [1.29, 1.82) is 0 Å². The number of hydrogen-bond donors (Lipinski definition) is 3. The highest BCUT2D eigenvalue weighted by molar-refractivity contribution is 5.99. The van der Waals surface area contributed by atoms with Crippen LogP contribution in [0.5, 0.6) is 0 Å². The summed E-state index contributed by atoms with van der Waals surface area (Å²) < 4.78 is 0. The molecule has 0 spiro atoms. The van der Waals surface area contributed by atoms with Gasteiger partial charge in [0.05, 0.1) is 12.1 Å². The maximum absolute atomic E-state index is 12.4. The van der Waals surface area contributed by atoms with E-state index in [9.17, 15) is 9.59 Å². The van der Waals surface area contributed by atoms with Crippen molar-refractivity contribution in [3.63, 3.8) is 0 Å². The number of aryl methyl sites for hydroxylation is 1. The number of carbonyl (C=O) groups is 2. The minimum absolute atomic E-state index is 0.0131. The van der Waals surface area contributed by atoms with Gasteiger partial charge < -0.3 is 25.8 Å². The zero-order valence-electron chi connectivity index (χ0n) is 30.0. The summed E-state index contributed by atoms with van der Waals surface area (Å²) in [6.07, 6.45) is 4.17. The number of rotatable bonds is 22. The summed E-state index contributed by atoms with van der Waals surface area (Å²) in [5.74, 6) is 1.84. The molecule has 2 aromatic carbocycles. The Morgan fingerprint density at radius 1 is 0.857 bits per heavy atom. The number of azo groups is 1. The van der Waals surface area contributed by atoms with Crippen molar-refractivity contribution in [3.8, 4) is 0 Å². The largest absolute Gasteiger partial charge is 0.354 e. The number of ketones is 1. The molecule has 0 saturated carbocycles. The number of aromatic nitrogens is 3. The van der Waals surface area contributed by atoms with Gasteiger partial charge in [-0.1, -0.05) is 52.0 Å². The van der Waals surface area contributed by atoms with Crippen LogP contribution in [0.4, 0.5) is 23.3 Å². The van der Waals surface area contributed by atoms with Crippen molar-refractivity contribution in [3.05, 3.63) is 65.0 Å². The van der Waals surface area contributed by atoms with Crippen LogP contribution in [0.15, 0.2) is 52.7 Å². The highest BCUT2D eigenvalue weighted by Crippen LogP contribution is 2.25. The number of fused-ring (bicyclic) bond motifs is 1. The molecule has 1 amide bonds. The molecule has 264 valence electrons. The van der Waals surface area contributed by atoms with Gasteiger partial charge >= 0.3 is 0 Å². The average Bonchev–Trinajstić information content (AvgIpc) is 3.48. The number of Topliss-reactive ketones (excluding diaryl/α,β-unsaturated/α-hetero) is 1. The number of anilines is 3. The second-order valence-electron chi connectivity index (χ2n) is 12.5. The summed E-state index contributed by atoms with van der Waals surface area (Å²) in [6, 6.07) is 13.2. The summed E-state index contributed by atoms with van der Waals surface area (Å²) in [7, 11) is 0. The Labute approximate surface area is 291 Å². The smallest absolute Gasteiger partial charge is 0.228 e. The van der Waals surface area contributed by atoms with Crippen molar-refractivity contribution < 1.29 is 9.59 Å². The van der Waals surface area contributed by atoms with E-state index in [4.69, 9.17) is 9.97 Å². The lowest BCUT2D eigenvalue weighted by Gasteiger charge is -2.18. The van der Waals surface area contributed by atoms with E-state index in [1.165, 1.54) is 0 Å². The number of nitrogens with zero attached hydrogens (tertiary/aromatic N) is 7. The molecule has 0 saturated heterocycles. The van der Waals surface area contributed by atoms with E-state index in [-0.39, 0.29) is 11.7 Å². The lowest BCUT2D eigenvalue weighted by Crippen LogP contribution is -2.26. The number of benzene rings is 2. The zero-order chi connectivity index (χ0) is 35.0.